The van der Waals surface area contributed by atoms with E-state index in [1.165, 1.54) is 19.2 Å². The SMILES string of the molecule is COc1ccc(NC(C)CS(C)(=O)=O)cc1[N+](=O)[O-]. The Morgan fingerprint density at radius 2 is 2.11 bits per heavy atom. The molecule has 0 spiro atoms. The minimum absolute atomic E-state index is 0.0488. The maximum absolute atomic E-state index is 11.1. The van der Waals surface area contributed by atoms with Crippen molar-refractivity contribution in [3.63, 3.8) is 0 Å². The molecule has 0 heterocycles. The summed E-state index contributed by atoms with van der Waals surface area (Å²) in [5, 5.41) is 13.8. The van der Waals surface area contributed by atoms with Crippen molar-refractivity contribution in [2.24, 2.45) is 0 Å². The van der Waals surface area contributed by atoms with Crippen molar-refractivity contribution in [1.82, 2.24) is 0 Å². The molecule has 0 aliphatic heterocycles. The maximum Gasteiger partial charge on any atom is 0.312 e. The van der Waals surface area contributed by atoms with Crippen molar-refractivity contribution < 1.29 is 18.1 Å². The molecule has 1 aromatic rings. The van der Waals surface area contributed by atoms with Crippen LogP contribution in [0.2, 0.25) is 0 Å². The van der Waals surface area contributed by atoms with Crippen LogP contribution >= 0.6 is 0 Å². The van der Waals surface area contributed by atoms with Gasteiger partial charge >= 0.3 is 5.69 Å². The van der Waals surface area contributed by atoms with Crippen molar-refractivity contribution in [3.8, 4) is 5.75 Å². The van der Waals surface area contributed by atoms with Crippen LogP contribution in [0.15, 0.2) is 18.2 Å². The minimum Gasteiger partial charge on any atom is -0.490 e. The van der Waals surface area contributed by atoms with Gasteiger partial charge < -0.3 is 10.1 Å². The predicted molar refractivity (Wildman–Crippen MR) is 72.4 cm³/mol. The third kappa shape index (κ3) is 4.74. The predicted octanol–water partition coefficient (Wildman–Crippen LogP) is 1.45. The molecule has 0 aliphatic carbocycles. The van der Waals surface area contributed by atoms with Gasteiger partial charge in [-0.25, -0.2) is 8.42 Å². The van der Waals surface area contributed by atoms with E-state index in [9.17, 15) is 18.5 Å². The molecule has 0 saturated carbocycles. The molecule has 1 atom stereocenters. The van der Waals surface area contributed by atoms with E-state index in [4.69, 9.17) is 4.74 Å². The quantitative estimate of drug-likeness (QED) is 0.628. The first-order valence-corrected chi connectivity index (χ1v) is 7.55. The van der Waals surface area contributed by atoms with E-state index in [1.807, 2.05) is 0 Å². The van der Waals surface area contributed by atoms with Crippen LogP contribution in [-0.4, -0.2) is 38.5 Å². The summed E-state index contributed by atoms with van der Waals surface area (Å²) >= 11 is 0. The Kier molecular flexibility index (Phi) is 4.71. The van der Waals surface area contributed by atoms with Crippen LogP contribution in [0.1, 0.15) is 6.92 Å². The van der Waals surface area contributed by atoms with Crippen LogP contribution < -0.4 is 10.1 Å². The lowest BCUT2D eigenvalue weighted by Crippen LogP contribution is -2.24. The van der Waals surface area contributed by atoms with Crippen LogP contribution in [0.4, 0.5) is 11.4 Å². The van der Waals surface area contributed by atoms with Gasteiger partial charge in [0.2, 0.25) is 0 Å². The number of anilines is 1. The topological polar surface area (TPSA) is 98.5 Å². The summed E-state index contributed by atoms with van der Waals surface area (Å²) in [4.78, 5) is 10.3. The first-order valence-electron chi connectivity index (χ1n) is 5.49. The lowest BCUT2D eigenvalue weighted by atomic mass is 10.2. The van der Waals surface area contributed by atoms with Crippen molar-refractivity contribution in [1.29, 1.82) is 0 Å². The number of hydrogen-bond donors (Lipinski definition) is 1. The zero-order chi connectivity index (χ0) is 14.6. The normalized spacial score (nSPS) is 12.8. The second-order valence-corrected chi connectivity index (χ2v) is 6.47. The zero-order valence-corrected chi connectivity index (χ0v) is 11.7. The molecule has 106 valence electrons. The molecule has 7 nitrogen and oxygen atoms in total. The van der Waals surface area contributed by atoms with Crippen molar-refractivity contribution >= 4 is 21.2 Å². The van der Waals surface area contributed by atoms with Crippen molar-refractivity contribution in [2.45, 2.75) is 13.0 Å². The highest BCUT2D eigenvalue weighted by Gasteiger charge is 2.17. The number of sulfone groups is 1. The Bertz CT molecular complexity index is 570. The largest absolute Gasteiger partial charge is 0.490 e. The minimum atomic E-state index is -3.10. The molecule has 19 heavy (non-hydrogen) atoms. The van der Waals surface area contributed by atoms with E-state index >= 15 is 0 Å². The molecule has 0 amide bonds. The van der Waals surface area contributed by atoms with Gasteiger partial charge in [-0.3, -0.25) is 10.1 Å². The van der Waals surface area contributed by atoms with Crippen LogP contribution in [0.5, 0.6) is 5.75 Å². The van der Waals surface area contributed by atoms with E-state index in [2.05, 4.69) is 5.32 Å². The number of rotatable bonds is 6. The van der Waals surface area contributed by atoms with Crippen LogP contribution in [0.3, 0.4) is 0 Å². The molecule has 0 aromatic heterocycles. The van der Waals surface area contributed by atoms with Crippen LogP contribution in [-0.2, 0) is 9.84 Å². The zero-order valence-electron chi connectivity index (χ0n) is 10.9. The number of nitrogens with zero attached hydrogens (tertiary/aromatic N) is 1. The Morgan fingerprint density at radius 1 is 1.47 bits per heavy atom. The summed E-state index contributed by atoms with van der Waals surface area (Å²) in [6.45, 7) is 1.69. The highest BCUT2D eigenvalue weighted by Crippen LogP contribution is 2.29. The molecule has 0 radical (unpaired) electrons. The second kappa shape index (κ2) is 5.87. The number of ether oxygens (including phenoxy) is 1. The number of nitro groups is 1. The van der Waals surface area contributed by atoms with Crippen LogP contribution in [0.25, 0.3) is 0 Å². The molecule has 0 saturated heterocycles. The number of hydrogen-bond acceptors (Lipinski definition) is 6. The molecule has 1 rings (SSSR count). The van der Waals surface area contributed by atoms with Gasteiger partial charge in [-0.15, -0.1) is 0 Å². The summed E-state index contributed by atoms with van der Waals surface area (Å²) in [6, 6.07) is 4.04. The lowest BCUT2D eigenvalue weighted by molar-refractivity contribution is -0.385. The summed E-state index contributed by atoms with van der Waals surface area (Å²) in [5.74, 6) is 0.110. The third-order valence-corrected chi connectivity index (χ3v) is 3.45. The number of nitrogens with one attached hydrogen (secondary N) is 1. The monoisotopic (exact) mass is 288 g/mol. The average Bonchev–Trinajstić information content (AvgIpc) is 2.26. The van der Waals surface area contributed by atoms with Crippen LogP contribution in [0, 0.1) is 10.1 Å². The van der Waals surface area contributed by atoms with Gasteiger partial charge in [-0.1, -0.05) is 0 Å². The first kappa shape index (κ1) is 15.2. The van der Waals surface area contributed by atoms with E-state index in [1.54, 1.807) is 13.0 Å². The summed E-state index contributed by atoms with van der Waals surface area (Å²) < 4.78 is 27.2. The highest BCUT2D eigenvalue weighted by atomic mass is 32.2. The molecular weight excluding hydrogens is 272 g/mol. The Morgan fingerprint density at radius 3 is 2.58 bits per heavy atom. The first-order chi connectivity index (χ1) is 8.73. The molecule has 1 N–H and O–H groups in total. The van der Waals surface area contributed by atoms with E-state index < -0.39 is 14.8 Å². The fourth-order valence-electron chi connectivity index (χ4n) is 1.70. The average molecular weight is 288 g/mol. The van der Waals surface area contributed by atoms with Crippen molar-refractivity contribution in [2.75, 3.05) is 24.4 Å². The van der Waals surface area contributed by atoms with E-state index in [0.717, 1.165) is 6.26 Å². The molecule has 1 aromatic carbocycles. The number of benzene rings is 1. The molecular formula is C11H16N2O5S. The standard InChI is InChI=1S/C11H16N2O5S/c1-8(7-19(3,16)17)12-9-4-5-11(18-2)10(6-9)13(14)15/h4-6,8,12H,7H2,1-3H3. The molecule has 1 unspecified atom stereocenters. The molecule has 8 heteroatoms. The van der Waals surface area contributed by atoms with Gasteiger partial charge in [-0.2, -0.15) is 0 Å². The number of nitro benzene ring substituents is 1. The van der Waals surface area contributed by atoms with Gasteiger partial charge in [0.05, 0.1) is 17.8 Å². The van der Waals surface area contributed by atoms with Gasteiger partial charge in [0, 0.05) is 24.1 Å². The Balaban J connectivity index is 2.91. The van der Waals surface area contributed by atoms with E-state index in [0.29, 0.717) is 5.69 Å². The smallest absolute Gasteiger partial charge is 0.312 e. The Hall–Kier alpha value is -1.83. The molecule has 0 bridgehead atoms. The van der Waals surface area contributed by atoms with Crippen molar-refractivity contribution in [3.05, 3.63) is 28.3 Å². The second-order valence-electron chi connectivity index (χ2n) is 4.28. The molecule has 0 aliphatic rings. The van der Waals surface area contributed by atoms with Gasteiger partial charge in [0.15, 0.2) is 5.75 Å². The molecule has 0 fully saturated rings. The Labute approximate surface area is 111 Å². The summed E-state index contributed by atoms with van der Waals surface area (Å²) in [6.07, 6.45) is 1.14. The fourth-order valence-corrected chi connectivity index (χ4v) is 2.69. The summed E-state index contributed by atoms with van der Waals surface area (Å²) in [5.41, 5.74) is 0.308. The number of methoxy groups -OCH3 is 1. The van der Waals surface area contributed by atoms with Gasteiger partial charge in [0.25, 0.3) is 0 Å². The third-order valence-electron chi connectivity index (χ3n) is 2.34. The fraction of sp³-hybridized carbons (Fsp3) is 0.455. The maximum atomic E-state index is 11.1. The lowest BCUT2D eigenvalue weighted by Gasteiger charge is -2.14. The van der Waals surface area contributed by atoms with Gasteiger partial charge in [-0.05, 0) is 19.1 Å². The van der Waals surface area contributed by atoms with Gasteiger partial charge in [0.1, 0.15) is 9.84 Å². The van der Waals surface area contributed by atoms with E-state index in [-0.39, 0.29) is 23.2 Å². The highest BCUT2D eigenvalue weighted by molar-refractivity contribution is 7.90. The summed E-state index contributed by atoms with van der Waals surface area (Å²) in [7, 11) is -1.75.